The van der Waals surface area contributed by atoms with E-state index in [1.807, 2.05) is 0 Å². The molecule has 1 heterocycles. The molecule has 0 unspecified atom stereocenters. The highest BCUT2D eigenvalue weighted by molar-refractivity contribution is 9.10. The Morgan fingerprint density at radius 2 is 2.11 bits per heavy atom. The van der Waals surface area contributed by atoms with Crippen LogP contribution in [0.5, 0.6) is 0 Å². The summed E-state index contributed by atoms with van der Waals surface area (Å²) in [4.78, 5) is 14.5. The van der Waals surface area contributed by atoms with Crippen molar-refractivity contribution >= 4 is 33.3 Å². The molecule has 92 valence electrons. The smallest absolute Gasteiger partial charge is 0.354 e. The van der Waals surface area contributed by atoms with Gasteiger partial charge in [0.1, 0.15) is 11.5 Å². The quantitative estimate of drug-likeness (QED) is 0.911. The highest BCUT2D eigenvalue weighted by Crippen LogP contribution is 2.26. The SMILES string of the molecule is O=C(O)c1cc(Nc2cc(F)ccc2Br)ccn1. The number of pyridine rings is 1. The second kappa shape index (κ2) is 5.14. The number of halogens is 2. The van der Waals surface area contributed by atoms with Crippen LogP contribution in [0, 0.1) is 5.82 Å². The minimum absolute atomic E-state index is 0.0764. The molecule has 0 saturated carbocycles. The molecular weight excluding hydrogens is 303 g/mol. The Bertz CT molecular complexity index is 604. The monoisotopic (exact) mass is 310 g/mol. The third-order valence-electron chi connectivity index (χ3n) is 2.19. The van der Waals surface area contributed by atoms with Crippen LogP contribution in [0.15, 0.2) is 41.0 Å². The van der Waals surface area contributed by atoms with Crippen molar-refractivity contribution < 1.29 is 14.3 Å². The number of aromatic carboxylic acids is 1. The zero-order chi connectivity index (χ0) is 13.1. The number of nitrogens with one attached hydrogen (secondary N) is 1. The summed E-state index contributed by atoms with van der Waals surface area (Å²) in [5.74, 6) is -1.50. The molecule has 0 aliphatic rings. The van der Waals surface area contributed by atoms with Crippen LogP contribution in [0.1, 0.15) is 10.5 Å². The van der Waals surface area contributed by atoms with E-state index < -0.39 is 5.97 Å². The zero-order valence-electron chi connectivity index (χ0n) is 9.02. The number of hydrogen-bond acceptors (Lipinski definition) is 3. The molecule has 2 N–H and O–H groups in total. The largest absolute Gasteiger partial charge is 0.477 e. The fourth-order valence-electron chi connectivity index (χ4n) is 1.37. The van der Waals surface area contributed by atoms with Crippen molar-refractivity contribution in [2.24, 2.45) is 0 Å². The van der Waals surface area contributed by atoms with Crippen molar-refractivity contribution in [1.29, 1.82) is 0 Å². The lowest BCUT2D eigenvalue weighted by molar-refractivity contribution is 0.0690. The fraction of sp³-hybridized carbons (Fsp3) is 0. The first-order valence-corrected chi connectivity index (χ1v) is 5.77. The Morgan fingerprint density at radius 1 is 1.33 bits per heavy atom. The molecule has 2 aromatic rings. The van der Waals surface area contributed by atoms with Gasteiger partial charge in [0.05, 0.1) is 5.69 Å². The van der Waals surface area contributed by atoms with Gasteiger partial charge in [-0.2, -0.15) is 0 Å². The van der Waals surface area contributed by atoms with Crippen molar-refractivity contribution in [1.82, 2.24) is 4.98 Å². The molecule has 0 spiro atoms. The van der Waals surface area contributed by atoms with E-state index in [-0.39, 0.29) is 11.5 Å². The van der Waals surface area contributed by atoms with Crippen LogP contribution in [0.3, 0.4) is 0 Å². The predicted molar refractivity (Wildman–Crippen MR) is 68.6 cm³/mol. The van der Waals surface area contributed by atoms with Gasteiger partial charge in [0.25, 0.3) is 0 Å². The van der Waals surface area contributed by atoms with E-state index >= 15 is 0 Å². The van der Waals surface area contributed by atoms with Gasteiger partial charge in [-0.3, -0.25) is 0 Å². The van der Waals surface area contributed by atoms with E-state index in [9.17, 15) is 9.18 Å². The maximum Gasteiger partial charge on any atom is 0.354 e. The van der Waals surface area contributed by atoms with E-state index in [0.29, 0.717) is 15.8 Å². The second-order valence-electron chi connectivity index (χ2n) is 3.48. The van der Waals surface area contributed by atoms with Crippen LogP contribution < -0.4 is 5.32 Å². The number of carboxylic acid groups (broad SMARTS) is 1. The van der Waals surface area contributed by atoms with Gasteiger partial charge in [0.2, 0.25) is 0 Å². The number of aromatic nitrogens is 1. The first-order valence-electron chi connectivity index (χ1n) is 4.97. The minimum Gasteiger partial charge on any atom is -0.477 e. The Hall–Kier alpha value is -1.95. The van der Waals surface area contributed by atoms with Crippen LogP contribution in [-0.2, 0) is 0 Å². The van der Waals surface area contributed by atoms with Gasteiger partial charge in [0.15, 0.2) is 0 Å². The second-order valence-corrected chi connectivity index (χ2v) is 4.34. The molecule has 0 radical (unpaired) electrons. The summed E-state index contributed by atoms with van der Waals surface area (Å²) in [6.07, 6.45) is 1.37. The summed E-state index contributed by atoms with van der Waals surface area (Å²) in [5, 5.41) is 11.7. The number of hydrogen-bond donors (Lipinski definition) is 2. The molecule has 0 fully saturated rings. The minimum atomic E-state index is -1.11. The average Bonchev–Trinajstić information content (AvgIpc) is 2.34. The lowest BCUT2D eigenvalue weighted by atomic mass is 10.2. The number of benzene rings is 1. The molecule has 6 heteroatoms. The highest BCUT2D eigenvalue weighted by Gasteiger charge is 2.07. The first-order chi connectivity index (χ1) is 8.56. The van der Waals surface area contributed by atoms with Gasteiger partial charge in [-0.1, -0.05) is 0 Å². The summed E-state index contributed by atoms with van der Waals surface area (Å²) in [6.45, 7) is 0. The average molecular weight is 311 g/mol. The molecule has 0 aliphatic heterocycles. The van der Waals surface area contributed by atoms with Crippen molar-refractivity contribution in [3.05, 3.63) is 52.5 Å². The zero-order valence-corrected chi connectivity index (χ0v) is 10.6. The van der Waals surface area contributed by atoms with E-state index in [1.54, 1.807) is 12.1 Å². The fourth-order valence-corrected chi connectivity index (χ4v) is 1.72. The van der Waals surface area contributed by atoms with Crippen molar-refractivity contribution in [2.75, 3.05) is 5.32 Å². The van der Waals surface area contributed by atoms with E-state index in [0.717, 1.165) is 0 Å². The first kappa shape index (κ1) is 12.5. The number of anilines is 2. The Balaban J connectivity index is 2.31. The van der Waals surface area contributed by atoms with Crippen LogP contribution in [0.2, 0.25) is 0 Å². The molecule has 0 bridgehead atoms. The van der Waals surface area contributed by atoms with Crippen molar-refractivity contribution in [3.63, 3.8) is 0 Å². The normalized spacial score (nSPS) is 10.1. The molecule has 1 aromatic carbocycles. The molecule has 1 aromatic heterocycles. The summed E-state index contributed by atoms with van der Waals surface area (Å²) in [7, 11) is 0. The molecule has 0 saturated heterocycles. The maximum absolute atomic E-state index is 13.1. The van der Waals surface area contributed by atoms with Gasteiger partial charge in [-0.05, 0) is 46.3 Å². The highest BCUT2D eigenvalue weighted by atomic mass is 79.9. The van der Waals surface area contributed by atoms with Crippen LogP contribution in [-0.4, -0.2) is 16.1 Å². The predicted octanol–water partition coefficient (Wildman–Crippen LogP) is 3.43. The standard InChI is InChI=1S/C12H8BrFN2O2/c13-9-2-1-7(14)5-10(9)16-8-3-4-15-11(6-8)12(17)18/h1-6H,(H,15,16)(H,17,18). The molecule has 4 nitrogen and oxygen atoms in total. The lowest BCUT2D eigenvalue weighted by Gasteiger charge is -2.08. The third-order valence-corrected chi connectivity index (χ3v) is 2.88. The molecule has 2 rings (SSSR count). The van der Waals surface area contributed by atoms with Crippen LogP contribution >= 0.6 is 15.9 Å². The van der Waals surface area contributed by atoms with Gasteiger partial charge >= 0.3 is 5.97 Å². The van der Waals surface area contributed by atoms with Crippen LogP contribution in [0.25, 0.3) is 0 Å². The van der Waals surface area contributed by atoms with Gasteiger partial charge in [-0.15, -0.1) is 0 Å². The summed E-state index contributed by atoms with van der Waals surface area (Å²) in [5.41, 5.74) is 0.957. The van der Waals surface area contributed by atoms with Crippen molar-refractivity contribution in [3.8, 4) is 0 Å². The Labute approximate surface area is 111 Å². The van der Waals surface area contributed by atoms with Gasteiger partial charge < -0.3 is 10.4 Å². The summed E-state index contributed by atoms with van der Waals surface area (Å²) >= 11 is 3.27. The molecule has 0 atom stereocenters. The van der Waals surface area contributed by atoms with Gasteiger partial charge in [-0.25, -0.2) is 14.2 Å². The number of nitrogens with zero attached hydrogens (tertiary/aromatic N) is 1. The molecular formula is C12H8BrFN2O2. The summed E-state index contributed by atoms with van der Waals surface area (Å²) in [6, 6.07) is 7.18. The third kappa shape index (κ3) is 2.84. The Kier molecular flexibility index (Phi) is 3.57. The number of carboxylic acids is 1. The number of rotatable bonds is 3. The topological polar surface area (TPSA) is 62.2 Å². The van der Waals surface area contributed by atoms with E-state index in [1.165, 1.54) is 24.4 Å². The lowest BCUT2D eigenvalue weighted by Crippen LogP contribution is -2.01. The van der Waals surface area contributed by atoms with Gasteiger partial charge in [0, 0.05) is 16.4 Å². The molecule has 18 heavy (non-hydrogen) atoms. The molecule has 0 amide bonds. The molecule has 0 aliphatic carbocycles. The maximum atomic E-state index is 13.1. The number of carbonyl (C=O) groups is 1. The van der Waals surface area contributed by atoms with Crippen molar-refractivity contribution in [2.45, 2.75) is 0 Å². The summed E-state index contributed by atoms with van der Waals surface area (Å²) < 4.78 is 13.8. The van der Waals surface area contributed by atoms with E-state index in [4.69, 9.17) is 5.11 Å². The van der Waals surface area contributed by atoms with E-state index in [2.05, 4.69) is 26.2 Å². The Morgan fingerprint density at radius 3 is 2.83 bits per heavy atom. The van der Waals surface area contributed by atoms with Crippen LogP contribution in [0.4, 0.5) is 15.8 Å².